The van der Waals surface area contributed by atoms with Crippen LogP contribution in [0.25, 0.3) is 10.9 Å². The molecule has 1 saturated carbocycles. The van der Waals surface area contributed by atoms with Crippen LogP contribution in [0.5, 0.6) is 0 Å². The van der Waals surface area contributed by atoms with Gasteiger partial charge in [0.15, 0.2) is 0 Å². The van der Waals surface area contributed by atoms with Crippen LogP contribution in [0.2, 0.25) is 5.02 Å². The second kappa shape index (κ2) is 6.08. The first-order valence-electron chi connectivity index (χ1n) is 7.35. The third-order valence-electron chi connectivity index (χ3n) is 4.13. The van der Waals surface area contributed by atoms with Crippen LogP contribution in [0, 0.1) is 0 Å². The summed E-state index contributed by atoms with van der Waals surface area (Å²) < 4.78 is 1.86. The predicted octanol–water partition coefficient (Wildman–Crippen LogP) is 2.85. The molecule has 1 aromatic heterocycles. The van der Waals surface area contributed by atoms with E-state index < -0.39 is 0 Å². The molecule has 21 heavy (non-hydrogen) atoms. The molecule has 0 saturated heterocycles. The fourth-order valence-electron chi connectivity index (χ4n) is 3.10. The quantitative estimate of drug-likeness (QED) is 0.912. The summed E-state index contributed by atoms with van der Waals surface area (Å²) in [6.45, 7) is 0.211. The fourth-order valence-corrected chi connectivity index (χ4v) is 3.26. The fraction of sp³-hybridized carbons (Fsp3) is 0.438. The number of amides is 1. The molecule has 112 valence electrons. The van der Waals surface area contributed by atoms with Crippen LogP contribution in [0.15, 0.2) is 24.4 Å². The smallest absolute Gasteiger partial charge is 0.240 e. The Labute approximate surface area is 128 Å². The van der Waals surface area contributed by atoms with Crippen molar-refractivity contribution in [2.75, 3.05) is 0 Å². The molecule has 2 N–H and O–H groups in total. The lowest BCUT2D eigenvalue weighted by Gasteiger charge is -2.12. The summed E-state index contributed by atoms with van der Waals surface area (Å²) in [5, 5.41) is 14.1. The minimum Gasteiger partial charge on any atom is -0.392 e. The Bertz CT molecular complexity index is 660. The number of rotatable bonds is 4. The Morgan fingerprint density at radius 2 is 2.14 bits per heavy atom. The van der Waals surface area contributed by atoms with Crippen LogP contribution in [-0.4, -0.2) is 21.6 Å². The van der Waals surface area contributed by atoms with Crippen LogP contribution >= 0.6 is 11.6 Å². The van der Waals surface area contributed by atoms with Gasteiger partial charge in [-0.15, -0.1) is 0 Å². The van der Waals surface area contributed by atoms with E-state index in [1.165, 1.54) is 12.8 Å². The van der Waals surface area contributed by atoms with Gasteiger partial charge in [-0.3, -0.25) is 4.79 Å². The van der Waals surface area contributed by atoms with E-state index in [-0.39, 0.29) is 19.1 Å². The van der Waals surface area contributed by atoms with Crippen molar-refractivity contribution in [3.63, 3.8) is 0 Å². The van der Waals surface area contributed by atoms with Gasteiger partial charge in [-0.25, -0.2) is 0 Å². The molecule has 4 nitrogen and oxygen atoms in total. The first kappa shape index (κ1) is 14.4. The lowest BCUT2D eigenvalue weighted by Crippen LogP contribution is -2.35. The first-order chi connectivity index (χ1) is 10.2. The summed E-state index contributed by atoms with van der Waals surface area (Å²) in [6.07, 6.45) is 6.37. The maximum Gasteiger partial charge on any atom is 0.240 e. The molecule has 0 atom stereocenters. The minimum atomic E-state index is -0.0463. The van der Waals surface area contributed by atoms with Crippen LogP contribution in [-0.2, 0) is 17.9 Å². The number of aromatic nitrogens is 1. The molecule has 0 bridgehead atoms. The molecule has 3 rings (SSSR count). The second-order valence-corrected chi connectivity index (χ2v) is 6.09. The van der Waals surface area contributed by atoms with Crippen molar-refractivity contribution >= 4 is 28.4 Å². The summed E-state index contributed by atoms with van der Waals surface area (Å²) in [5.74, 6) is 0.0169. The second-order valence-electron chi connectivity index (χ2n) is 5.65. The zero-order chi connectivity index (χ0) is 14.8. The van der Waals surface area contributed by atoms with E-state index in [1.54, 1.807) is 6.07 Å². The Morgan fingerprint density at radius 1 is 1.38 bits per heavy atom. The van der Waals surface area contributed by atoms with Gasteiger partial charge in [-0.05, 0) is 25.0 Å². The van der Waals surface area contributed by atoms with Crippen molar-refractivity contribution in [1.82, 2.24) is 9.88 Å². The average molecular weight is 307 g/mol. The number of benzene rings is 1. The number of fused-ring (bicyclic) bond motifs is 1. The maximum absolute atomic E-state index is 12.2. The van der Waals surface area contributed by atoms with E-state index in [2.05, 4.69) is 5.32 Å². The summed E-state index contributed by atoms with van der Waals surface area (Å²) in [7, 11) is 0. The van der Waals surface area contributed by atoms with Crippen molar-refractivity contribution in [2.24, 2.45) is 0 Å². The van der Waals surface area contributed by atoms with Crippen molar-refractivity contribution in [1.29, 1.82) is 0 Å². The van der Waals surface area contributed by atoms with E-state index in [9.17, 15) is 9.90 Å². The molecule has 1 amide bonds. The van der Waals surface area contributed by atoms with Crippen molar-refractivity contribution in [3.05, 3.63) is 35.0 Å². The highest BCUT2D eigenvalue weighted by atomic mass is 35.5. The SMILES string of the molecule is O=C(Cn1cc(CO)c2ccc(Cl)cc21)NC1CCCC1. The highest BCUT2D eigenvalue weighted by Crippen LogP contribution is 2.25. The number of hydrogen-bond acceptors (Lipinski definition) is 2. The normalized spacial score (nSPS) is 15.7. The lowest BCUT2D eigenvalue weighted by atomic mass is 10.2. The monoisotopic (exact) mass is 306 g/mol. The molecule has 0 aliphatic heterocycles. The standard InChI is InChI=1S/C16H19ClN2O2/c17-12-5-6-14-11(10-20)8-19(15(14)7-12)9-16(21)18-13-3-1-2-4-13/h5-8,13,20H,1-4,9-10H2,(H,18,21). The maximum atomic E-state index is 12.2. The number of aliphatic hydroxyl groups is 1. The van der Waals surface area contributed by atoms with Crippen molar-refractivity contribution in [2.45, 2.75) is 44.9 Å². The summed E-state index contributed by atoms with van der Waals surface area (Å²) in [5.41, 5.74) is 1.70. The van der Waals surface area contributed by atoms with Gasteiger partial charge in [0.2, 0.25) is 5.91 Å². The van der Waals surface area contributed by atoms with Gasteiger partial charge in [0, 0.05) is 28.2 Å². The molecule has 2 aromatic rings. The Balaban J connectivity index is 1.82. The van der Waals surface area contributed by atoms with Gasteiger partial charge < -0.3 is 15.0 Å². The van der Waals surface area contributed by atoms with Crippen molar-refractivity contribution in [3.8, 4) is 0 Å². The minimum absolute atomic E-state index is 0.0169. The van der Waals surface area contributed by atoms with Gasteiger partial charge in [-0.2, -0.15) is 0 Å². The van der Waals surface area contributed by atoms with Gasteiger partial charge in [0.25, 0.3) is 0 Å². The van der Waals surface area contributed by atoms with Crippen LogP contribution in [0.1, 0.15) is 31.2 Å². The topological polar surface area (TPSA) is 54.3 Å². The summed E-state index contributed by atoms with van der Waals surface area (Å²) in [4.78, 5) is 12.2. The van der Waals surface area contributed by atoms with Crippen LogP contribution in [0.3, 0.4) is 0 Å². The molecule has 0 spiro atoms. The van der Waals surface area contributed by atoms with E-state index in [0.717, 1.165) is 29.3 Å². The Morgan fingerprint density at radius 3 is 2.86 bits per heavy atom. The van der Waals surface area contributed by atoms with Gasteiger partial charge in [0.1, 0.15) is 6.54 Å². The molecular formula is C16H19ClN2O2. The number of carbonyl (C=O) groups excluding carboxylic acids is 1. The molecule has 0 radical (unpaired) electrons. The number of aliphatic hydroxyl groups excluding tert-OH is 1. The number of nitrogens with zero attached hydrogens (tertiary/aromatic N) is 1. The zero-order valence-electron chi connectivity index (χ0n) is 11.8. The lowest BCUT2D eigenvalue weighted by molar-refractivity contribution is -0.122. The van der Waals surface area contributed by atoms with Gasteiger partial charge >= 0.3 is 0 Å². The number of hydrogen-bond donors (Lipinski definition) is 2. The summed E-state index contributed by atoms with van der Waals surface area (Å²) in [6, 6.07) is 5.83. The van der Waals surface area contributed by atoms with Crippen LogP contribution < -0.4 is 5.32 Å². The molecule has 0 unspecified atom stereocenters. The van der Waals surface area contributed by atoms with E-state index in [0.29, 0.717) is 11.1 Å². The number of nitrogens with one attached hydrogen (secondary N) is 1. The van der Waals surface area contributed by atoms with E-state index in [4.69, 9.17) is 11.6 Å². The Hall–Kier alpha value is -1.52. The Kier molecular flexibility index (Phi) is 4.17. The highest BCUT2D eigenvalue weighted by Gasteiger charge is 2.18. The molecule has 1 aliphatic carbocycles. The van der Waals surface area contributed by atoms with Crippen molar-refractivity contribution < 1.29 is 9.90 Å². The van der Waals surface area contributed by atoms with E-state index >= 15 is 0 Å². The molecule has 5 heteroatoms. The third-order valence-corrected chi connectivity index (χ3v) is 4.37. The first-order valence-corrected chi connectivity index (χ1v) is 7.72. The van der Waals surface area contributed by atoms with E-state index in [1.807, 2.05) is 22.9 Å². The number of halogens is 1. The average Bonchev–Trinajstić information content (AvgIpc) is 3.07. The van der Waals surface area contributed by atoms with Crippen LogP contribution in [0.4, 0.5) is 0 Å². The van der Waals surface area contributed by atoms with Gasteiger partial charge in [0.05, 0.1) is 12.1 Å². The zero-order valence-corrected chi connectivity index (χ0v) is 12.6. The molecule has 1 aliphatic rings. The molecular weight excluding hydrogens is 288 g/mol. The van der Waals surface area contributed by atoms with Gasteiger partial charge in [-0.1, -0.05) is 30.5 Å². The molecule has 1 fully saturated rings. The molecule has 1 heterocycles. The predicted molar refractivity (Wildman–Crippen MR) is 83.3 cm³/mol. The summed E-state index contributed by atoms with van der Waals surface area (Å²) >= 11 is 6.04. The highest BCUT2D eigenvalue weighted by molar-refractivity contribution is 6.31. The largest absolute Gasteiger partial charge is 0.392 e. The number of carbonyl (C=O) groups is 1. The third kappa shape index (κ3) is 3.06. The molecule has 1 aromatic carbocycles.